The fraction of sp³-hybridized carbons (Fsp3) is 0.500. The molecule has 0 radical (unpaired) electrons. The van der Waals surface area contributed by atoms with E-state index in [1.54, 1.807) is 11.8 Å². The second-order valence-corrected chi connectivity index (χ2v) is 6.60. The molecule has 1 aliphatic rings. The smallest absolute Gasteiger partial charge is 0.209 e. The highest BCUT2D eigenvalue weighted by atomic mass is 32.2. The molecule has 5 heteroatoms. The highest BCUT2D eigenvalue weighted by Gasteiger charge is 2.23. The number of benzene rings is 1. The fourth-order valence-corrected chi connectivity index (χ4v) is 3.54. The molecule has 21 heavy (non-hydrogen) atoms. The average Bonchev–Trinajstić information content (AvgIpc) is 2.99. The topological polar surface area (TPSA) is 58.4 Å². The molecule has 1 aromatic carbocycles. The van der Waals surface area contributed by atoms with E-state index >= 15 is 0 Å². The predicted molar refractivity (Wildman–Crippen MR) is 85.7 cm³/mol. The van der Waals surface area contributed by atoms with E-state index in [-0.39, 0.29) is 0 Å². The van der Waals surface area contributed by atoms with Gasteiger partial charge in [-0.15, -0.1) is 5.10 Å². The largest absolute Gasteiger partial charge is 0.357 e. The average molecular weight is 303 g/mol. The minimum atomic E-state index is 0.556. The molecule has 0 spiro atoms. The van der Waals surface area contributed by atoms with Gasteiger partial charge in [0.1, 0.15) is 5.82 Å². The summed E-state index contributed by atoms with van der Waals surface area (Å²) in [5, 5.41) is 5.63. The van der Waals surface area contributed by atoms with E-state index in [0.717, 1.165) is 29.0 Å². The van der Waals surface area contributed by atoms with E-state index in [2.05, 4.69) is 34.7 Å². The first kappa shape index (κ1) is 14.6. The van der Waals surface area contributed by atoms with Crippen molar-refractivity contribution >= 4 is 11.8 Å². The Kier molecular flexibility index (Phi) is 4.93. The van der Waals surface area contributed by atoms with Crippen LogP contribution in [-0.4, -0.2) is 27.1 Å². The molecule has 0 bridgehead atoms. The van der Waals surface area contributed by atoms with Gasteiger partial charge in [0.05, 0.1) is 18.0 Å². The monoisotopic (exact) mass is 303 g/mol. The fourth-order valence-electron chi connectivity index (χ4n) is 2.91. The third-order valence-corrected chi connectivity index (χ3v) is 4.88. The lowest BCUT2D eigenvalue weighted by Gasteiger charge is -2.21. The van der Waals surface area contributed by atoms with Crippen LogP contribution in [0.1, 0.15) is 43.8 Å². The van der Waals surface area contributed by atoms with Crippen LogP contribution in [0.3, 0.4) is 0 Å². The predicted octanol–water partition coefficient (Wildman–Crippen LogP) is 2.65. The van der Waals surface area contributed by atoms with Crippen LogP contribution in [0.2, 0.25) is 0 Å². The molecule has 3 N–H and O–H groups in total. The lowest BCUT2D eigenvalue weighted by atomic mass is 9.88. The van der Waals surface area contributed by atoms with Crippen molar-refractivity contribution in [2.24, 2.45) is 0 Å². The zero-order chi connectivity index (χ0) is 14.5. The van der Waals surface area contributed by atoms with Crippen molar-refractivity contribution < 1.29 is 5.73 Å². The van der Waals surface area contributed by atoms with Gasteiger partial charge in [-0.1, -0.05) is 49.2 Å². The number of nitrogens with zero attached hydrogens (tertiary/aromatic N) is 3. The number of aromatic nitrogens is 3. The number of quaternary nitrogens is 1. The summed E-state index contributed by atoms with van der Waals surface area (Å²) in [4.78, 5) is 4.83. The van der Waals surface area contributed by atoms with Gasteiger partial charge in [-0.2, -0.15) is 0 Å². The van der Waals surface area contributed by atoms with E-state index in [1.165, 1.54) is 32.1 Å². The van der Waals surface area contributed by atoms with E-state index in [0.29, 0.717) is 5.92 Å². The highest BCUT2D eigenvalue weighted by Crippen LogP contribution is 2.33. The third-order valence-electron chi connectivity index (χ3n) is 3.96. The van der Waals surface area contributed by atoms with Crippen molar-refractivity contribution in [3.05, 3.63) is 36.2 Å². The summed E-state index contributed by atoms with van der Waals surface area (Å²) < 4.78 is 2.06. The SMILES string of the molecule is [NH3+]CCSc1nc(C2CCCCC2)n(-c2ccccc2)n1. The molecule has 0 unspecified atom stereocenters. The molecule has 1 saturated carbocycles. The summed E-state index contributed by atoms with van der Waals surface area (Å²) >= 11 is 1.71. The van der Waals surface area contributed by atoms with Crippen molar-refractivity contribution in [2.75, 3.05) is 12.3 Å². The summed E-state index contributed by atoms with van der Waals surface area (Å²) in [7, 11) is 0. The van der Waals surface area contributed by atoms with Gasteiger partial charge in [0, 0.05) is 5.92 Å². The van der Waals surface area contributed by atoms with Crippen molar-refractivity contribution in [1.82, 2.24) is 14.8 Å². The quantitative estimate of drug-likeness (QED) is 0.864. The number of hydrogen-bond acceptors (Lipinski definition) is 3. The molecule has 0 aliphatic heterocycles. The minimum absolute atomic E-state index is 0.556. The van der Waals surface area contributed by atoms with Gasteiger partial charge in [0.25, 0.3) is 0 Å². The molecule has 0 amide bonds. The maximum absolute atomic E-state index is 4.83. The molecule has 1 fully saturated rings. The van der Waals surface area contributed by atoms with Gasteiger partial charge < -0.3 is 5.73 Å². The zero-order valence-corrected chi connectivity index (χ0v) is 13.2. The maximum Gasteiger partial charge on any atom is 0.209 e. The van der Waals surface area contributed by atoms with Crippen molar-refractivity contribution in [1.29, 1.82) is 0 Å². The summed E-state index contributed by atoms with van der Waals surface area (Å²) in [6, 6.07) is 10.4. The van der Waals surface area contributed by atoms with Crippen LogP contribution in [0.15, 0.2) is 35.5 Å². The van der Waals surface area contributed by atoms with Gasteiger partial charge >= 0.3 is 0 Å². The summed E-state index contributed by atoms with van der Waals surface area (Å²) in [6.45, 7) is 0.906. The normalized spacial score (nSPS) is 16.2. The minimum Gasteiger partial charge on any atom is -0.357 e. The first-order chi connectivity index (χ1) is 10.4. The number of rotatable bonds is 5. The molecule has 1 aromatic heterocycles. The third kappa shape index (κ3) is 3.47. The number of hydrogen-bond donors (Lipinski definition) is 1. The summed E-state index contributed by atoms with van der Waals surface area (Å²) in [5.74, 6) is 2.68. The Bertz CT molecular complexity index is 561. The molecular formula is C16H23N4S+. The van der Waals surface area contributed by atoms with E-state index in [1.807, 2.05) is 6.07 Å². The number of para-hydroxylation sites is 1. The van der Waals surface area contributed by atoms with Crippen LogP contribution in [0, 0.1) is 0 Å². The second kappa shape index (κ2) is 7.09. The van der Waals surface area contributed by atoms with Gasteiger partial charge in [-0.05, 0) is 25.0 Å². The zero-order valence-electron chi connectivity index (χ0n) is 12.4. The molecule has 4 nitrogen and oxygen atoms in total. The number of thioether (sulfide) groups is 1. The molecule has 0 saturated heterocycles. The van der Waals surface area contributed by atoms with Crippen LogP contribution in [0.5, 0.6) is 0 Å². The summed E-state index contributed by atoms with van der Waals surface area (Å²) in [5.41, 5.74) is 5.01. The van der Waals surface area contributed by atoms with E-state index in [4.69, 9.17) is 10.1 Å². The van der Waals surface area contributed by atoms with Crippen LogP contribution in [-0.2, 0) is 0 Å². The Hall–Kier alpha value is -1.33. The first-order valence-corrected chi connectivity index (χ1v) is 8.81. The van der Waals surface area contributed by atoms with Crippen LogP contribution in [0.4, 0.5) is 0 Å². The molecular weight excluding hydrogens is 280 g/mol. The Balaban J connectivity index is 1.93. The Morgan fingerprint density at radius 3 is 2.62 bits per heavy atom. The van der Waals surface area contributed by atoms with Crippen molar-refractivity contribution in [2.45, 2.75) is 43.2 Å². The Morgan fingerprint density at radius 2 is 1.90 bits per heavy atom. The molecule has 3 rings (SSSR count). The summed E-state index contributed by atoms with van der Waals surface area (Å²) in [6.07, 6.45) is 6.47. The van der Waals surface area contributed by atoms with Gasteiger partial charge in [0.2, 0.25) is 5.16 Å². The van der Waals surface area contributed by atoms with E-state index < -0.39 is 0 Å². The van der Waals surface area contributed by atoms with E-state index in [9.17, 15) is 0 Å². The standard InChI is InChI=1S/C16H22N4S/c17-11-12-21-16-18-15(13-7-3-1-4-8-13)20(19-16)14-9-5-2-6-10-14/h2,5-6,9-10,13H,1,3-4,7-8,11-12,17H2/p+1. The van der Waals surface area contributed by atoms with Crippen LogP contribution in [0.25, 0.3) is 5.69 Å². The molecule has 112 valence electrons. The molecule has 1 aliphatic carbocycles. The van der Waals surface area contributed by atoms with Crippen molar-refractivity contribution in [3.8, 4) is 5.69 Å². The second-order valence-electron chi connectivity index (χ2n) is 5.54. The Labute approximate surface area is 130 Å². The lowest BCUT2D eigenvalue weighted by molar-refractivity contribution is -0.360. The van der Waals surface area contributed by atoms with Gasteiger partial charge in [0.15, 0.2) is 0 Å². The van der Waals surface area contributed by atoms with Crippen LogP contribution >= 0.6 is 11.8 Å². The van der Waals surface area contributed by atoms with Gasteiger partial charge in [-0.25, -0.2) is 9.67 Å². The molecule has 1 heterocycles. The highest BCUT2D eigenvalue weighted by molar-refractivity contribution is 7.99. The van der Waals surface area contributed by atoms with Gasteiger partial charge in [-0.3, -0.25) is 0 Å². The first-order valence-electron chi connectivity index (χ1n) is 7.83. The maximum atomic E-state index is 4.83. The Morgan fingerprint density at radius 1 is 1.14 bits per heavy atom. The lowest BCUT2D eigenvalue weighted by Crippen LogP contribution is -2.51. The molecule has 2 aromatic rings. The van der Waals surface area contributed by atoms with Crippen LogP contribution < -0.4 is 5.73 Å². The van der Waals surface area contributed by atoms with Crippen molar-refractivity contribution in [3.63, 3.8) is 0 Å². The molecule has 0 atom stereocenters.